The van der Waals surface area contributed by atoms with Gasteiger partial charge in [0.1, 0.15) is 5.82 Å². The van der Waals surface area contributed by atoms with E-state index in [0.717, 1.165) is 18.8 Å². The molecule has 4 nitrogen and oxygen atoms in total. The van der Waals surface area contributed by atoms with Gasteiger partial charge in [0.25, 0.3) is 0 Å². The van der Waals surface area contributed by atoms with Crippen LogP contribution < -0.4 is 5.32 Å². The highest BCUT2D eigenvalue weighted by Crippen LogP contribution is 2.05. The monoisotopic (exact) mass is 168 g/mol. The minimum Gasteiger partial charge on any atom is -0.367 e. The zero-order chi connectivity index (χ0) is 8.97. The maximum absolute atomic E-state index is 3.96. The quantitative estimate of drug-likeness (QED) is 0.741. The fraction of sp³-hybridized carbons (Fsp3) is 0.750. The van der Waals surface area contributed by atoms with Crippen molar-refractivity contribution in [3.05, 3.63) is 6.20 Å². The van der Waals surface area contributed by atoms with Crippen LogP contribution >= 0.6 is 0 Å². The lowest BCUT2D eigenvalue weighted by Crippen LogP contribution is -2.14. The largest absolute Gasteiger partial charge is 0.367 e. The highest BCUT2D eigenvalue weighted by molar-refractivity contribution is 5.31. The molecule has 4 heteroatoms. The van der Waals surface area contributed by atoms with Crippen molar-refractivity contribution in [1.29, 1.82) is 0 Å². The third-order valence-corrected chi connectivity index (χ3v) is 1.49. The molecule has 0 saturated heterocycles. The Balaban J connectivity index is 2.63. The first-order valence-corrected chi connectivity index (χ1v) is 4.39. The molecule has 1 aromatic rings. The standard InChI is InChI=1S/C8H16N4/c1-4-5-12-8(6-9-11-12)10-7(2)3/h6-7,10H,4-5H2,1-3H3. The maximum atomic E-state index is 3.96. The second-order valence-electron chi connectivity index (χ2n) is 3.14. The summed E-state index contributed by atoms with van der Waals surface area (Å²) < 4.78 is 1.89. The SMILES string of the molecule is CCCn1nncc1NC(C)C. The minimum absolute atomic E-state index is 0.430. The topological polar surface area (TPSA) is 42.7 Å². The van der Waals surface area contributed by atoms with Crippen molar-refractivity contribution in [3.63, 3.8) is 0 Å². The van der Waals surface area contributed by atoms with Crippen LogP contribution in [0.3, 0.4) is 0 Å². The van der Waals surface area contributed by atoms with E-state index >= 15 is 0 Å². The third-order valence-electron chi connectivity index (χ3n) is 1.49. The van der Waals surface area contributed by atoms with Crippen LogP contribution in [0.1, 0.15) is 27.2 Å². The summed E-state index contributed by atoms with van der Waals surface area (Å²) in [6, 6.07) is 0.430. The molecule has 0 saturated carbocycles. The van der Waals surface area contributed by atoms with Crippen LogP contribution in [0.4, 0.5) is 5.82 Å². The van der Waals surface area contributed by atoms with Crippen LogP contribution in [0.15, 0.2) is 6.20 Å². The zero-order valence-corrected chi connectivity index (χ0v) is 7.91. The number of hydrogen-bond acceptors (Lipinski definition) is 3. The number of rotatable bonds is 4. The maximum Gasteiger partial charge on any atom is 0.145 e. The number of aromatic nitrogens is 3. The van der Waals surface area contributed by atoms with Gasteiger partial charge in [-0.25, -0.2) is 4.68 Å². The van der Waals surface area contributed by atoms with Gasteiger partial charge in [-0.1, -0.05) is 12.1 Å². The Morgan fingerprint density at radius 2 is 2.33 bits per heavy atom. The lowest BCUT2D eigenvalue weighted by Gasteiger charge is -2.09. The molecule has 0 aliphatic rings. The van der Waals surface area contributed by atoms with E-state index in [9.17, 15) is 0 Å². The van der Waals surface area contributed by atoms with Crippen molar-refractivity contribution < 1.29 is 0 Å². The van der Waals surface area contributed by atoms with Crippen molar-refractivity contribution in [2.24, 2.45) is 0 Å². The molecule has 0 fully saturated rings. The Morgan fingerprint density at radius 1 is 1.58 bits per heavy atom. The van der Waals surface area contributed by atoms with E-state index in [1.54, 1.807) is 6.20 Å². The van der Waals surface area contributed by atoms with Crippen LogP contribution in [0.5, 0.6) is 0 Å². The summed E-state index contributed by atoms with van der Waals surface area (Å²) in [4.78, 5) is 0. The first-order chi connectivity index (χ1) is 5.74. The molecular weight excluding hydrogens is 152 g/mol. The van der Waals surface area contributed by atoms with Crippen molar-refractivity contribution >= 4 is 5.82 Å². The molecule has 0 aromatic carbocycles. The Bertz CT molecular complexity index is 229. The van der Waals surface area contributed by atoms with Crippen molar-refractivity contribution in [2.75, 3.05) is 5.32 Å². The molecule has 1 heterocycles. The molecule has 0 aliphatic heterocycles. The van der Waals surface area contributed by atoms with Gasteiger partial charge in [0, 0.05) is 12.6 Å². The summed E-state index contributed by atoms with van der Waals surface area (Å²) in [5.41, 5.74) is 0. The molecule has 1 rings (SSSR count). The lowest BCUT2D eigenvalue weighted by atomic mass is 10.4. The number of hydrogen-bond donors (Lipinski definition) is 1. The smallest absolute Gasteiger partial charge is 0.145 e. The second kappa shape index (κ2) is 4.09. The number of anilines is 1. The first kappa shape index (κ1) is 9.03. The Kier molecular flexibility index (Phi) is 3.08. The van der Waals surface area contributed by atoms with Crippen LogP contribution in [-0.4, -0.2) is 21.0 Å². The fourth-order valence-corrected chi connectivity index (χ4v) is 1.04. The summed E-state index contributed by atoms with van der Waals surface area (Å²) in [6.45, 7) is 7.25. The summed E-state index contributed by atoms with van der Waals surface area (Å²) in [6.07, 6.45) is 2.84. The van der Waals surface area contributed by atoms with Gasteiger partial charge in [-0.3, -0.25) is 0 Å². The lowest BCUT2D eigenvalue weighted by molar-refractivity contribution is 0.580. The minimum atomic E-state index is 0.430. The van der Waals surface area contributed by atoms with Gasteiger partial charge in [-0.15, -0.1) is 5.10 Å². The molecule has 0 aliphatic carbocycles. The second-order valence-corrected chi connectivity index (χ2v) is 3.14. The van der Waals surface area contributed by atoms with E-state index in [4.69, 9.17) is 0 Å². The van der Waals surface area contributed by atoms with Gasteiger partial charge in [0.15, 0.2) is 0 Å². The summed E-state index contributed by atoms with van der Waals surface area (Å²) in [7, 11) is 0. The zero-order valence-electron chi connectivity index (χ0n) is 7.91. The molecule has 0 radical (unpaired) electrons. The first-order valence-electron chi connectivity index (χ1n) is 4.39. The molecule has 12 heavy (non-hydrogen) atoms. The van der Waals surface area contributed by atoms with Crippen LogP contribution in [0.2, 0.25) is 0 Å². The summed E-state index contributed by atoms with van der Waals surface area (Å²) in [5, 5.41) is 11.1. The van der Waals surface area contributed by atoms with E-state index in [1.807, 2.05) is 4.68 Å². The van der Waals surface area contributed by atoms with Crippen molar-refractivity contribution in [3.8, 4) is 0 Å². The normalized spacial score (nSPS) is 10.7. The van der Waals surface area contributed by atoms with Gasteiger partial charge in [0.05, 0.1) is 6.20 Å². The van der Waals surface area contributed by atoms with Gasteiger partial charge < -0.3 is 5.32 Å². The average molecular weight is 168 g/mol. The van der Waals surface area contributed by atoms with Gasteiger partial charge in [-0.05, 0) is 20.3 Å². The molecule has 0 amide bonds. The number of nitrogens with one attached hydrogen (secondary N) is 1. The molecule has 0 spiro atoms. The molecule has 0 bridgehead atoms. The Morgan fingerprint density at radius 3 is 2.92 bits per heavy atom. The predicted octanol–water partition coefficient (Wildman–Crippen LogP) is 1.51. The van der Waals surface area contributed by atoms with Gasteiger partial charge in [0.2, 0.25) is 0 Å². The Hall–Kier alpha value is -1.06. The number of nitrogens with zero attached hydrogens (tertiary/aromatic N) is 3. The third kappa shape index (κ3) is 2.22. The van der Waals surface area contributed by atoms with E-state index < -0.39 is 0 Å². The molecule has 68 valence electrons. The summed E-state index contributed by atoms with van der Waals surface area (Å²) in [5.74, 6) is 1.01. The van der Waals surface area contributed by atoms with E-state index in [1.165, 1.54) is 0 Å². The molecule has 1 N–H and O–H groups in total. The molecule has 0 unspecified atom stereocenters. The van der Waals surface area contributed by atoms with Crippen molar-refractivity contribution in [1.82, 2.24) is 15.0 Å². The molecule has 0 atom stereocenters. The van der Waals surface area contributed by atoms with Crippen molar-refractivity contribution in [2.45, 2.75) is 39.8 Å². The summed E-state index contributed by atoms with van der Waals surface area (Å²) >= 11 is 0. The van der Waals surface area contributed by atoms with E-state index in [-0.39, 0.29) is 0 Å². The Labute approximate surface area is 73.0 Å². The highest BCUT2D eigenvalue weighted by Gasteiger charge is 2.02. The van der Waals surface area contributed by atoms with Crippen LogP contribution in [-0.2, 0) is 6.54 Å². The molecule has 1 aromatic heterocycles. The van der Waals surface area contributed by atoms with Gasteiger partial charge >= 0.3 is 0 Å². The van der Waals surface area contributed by atoms with E-state index in [0.29, 0.717) is 6.04 Å². The highest BCUT2D eigenvalue weighted by atomic mass is 15.5. The van der Waals surface area contributed by atoms with E-state index in [2.05, 4.69) is 36.4 Å². The average Bonchev–Trinajstić information content (AvgIpc) is 2.37. The molecular formula is C8H16N4. The fourth-order valence-electron chi connectivity index (χ4n) is 1.04. The van der Waals surface area contributed by atoms with Crippen LogP contribution in [0, 0.1) is 0 Å². The predicted molar refractivity (Wildman–Crippen MR) is 49.1 cm³/mol. The van der Waals surface area contributed by atoms with Gasteiger partial charge in [-0.2, -0.15) is 0 Å². The number of aryl methyl sites for hydroxylation is 1. The van der Waals surface area contributed by atoms with Crippen LogP contribution in [0.25, 0.3) is 0 Å².